The molecular weight excluding hydrogens is 363 g/mol. The van der Waals surface area contributed by atoms with Gasteiger partial charge in [-0.25, -0.2) is 13.9 Å². The van der Waals surface area contributed by atoms with Crippen molar-refractivity contribution in [1.29, 1.82) is 0 Å². The molecule has 28 heavy (non-hydrogen) atoms. The first-order valence-corrected chi connectivity index (χ1v) is 9.81. The molecule has 2 aliphatic rings. The molecule has 4 rings (SSSR count). The van der Waals surface area contributed by atoms with Gasteiger partial charge in [0.15, 0.2) is 0 Å². The minimum absolute atomic E-state index is 0.00311. The summed E-state index contributed by atoms with van der Waals surface area (Å²) in [5, 5.41) is 4.60. The molecule has 2 aromatic rings. The van der Waals surface area contributed by atoms with Crippen LogP contribution < -0.4 is 5.69 Å². The first-order valence-electron chi connectivity index (χ1n) is 9.81. The zero-order chi connectivity index (χ0) is 19.7. The second-order valence-electron chi connectivity index (χ2n) is 7.56. The predicted octanol–water partition coefficient (Wildman–Crippen LogP) is 2.18. The fourth-order valence-corrected chi connectivity index (χ4v) is 3.89. The maximum Gasteiger partial charge on any atom is 0.346 e. The van der Waals surface area contributed by atoms with E-state index in [0.717, 1.165) is 31.5 Å². The maximum absolute atomic E-state index is 13.5. The van der Waals surface area contributed by atoms with Gasteiger partial charge in [-0.15, -0.1) is 0 Å². The van der Waals surface area contributed by atoms with Crippen molar-refractivity contribution >= 4 is 5.91 Å². The van der Waals surface area contributed by atoms with E-state index in [1.54, 1.807) is 24.1 Å². The van der Waals surface area contributed by atoms with E-state index in [2.05, 4.69) is 5.10 Å². The van der Waals surface area contributed by atoms with Gasteiger partial charge < -0.3 is 9.64 Å². The van der Waals surface area contributed by atoms with E-state index in [0.29, 0.717) is 31.8 Å². The third-order valence-electron chi connectivity index (χ3n) is 5.46. The molecular formula is C20H25FN4O3. The Balaban J connectivity index is 1.58. The number of hydrogen-bond donors (Lipinski definition) is 0. The van der Waals surface area contributed by atoms with Crippen LogP contribution in [0.3, 0.4) is 0 Å². The van der Waals surface area contributed by atoms with E-state index in [1.807, 2.05) is 4.57 Å². The van der Waals surface area contributed by atoms with Crippen LogP contribution in [0.2, 0.25) is 0 Å². The third kappa shape index (κ3) is 3.73. The van der Waals surface area contributed by atoms with Crippen LogP contribution in [-0.2, 0) is 11.3 Å². The van der Waals surface area contributed by atoms with Gasteiger partial charge in [0.1, 0.15) is 11.6 Å². The Bertz CT molecular complexity index is 918. The number of amides is 1. The summed E-state index contributed by atoms with van der Waals surface area (Å²) in [6.07, 6.45) is 3.68. The third-order valence-corrected chi connectivity index (χ3v) is 5.46. The number of ether oxygens (including phenoxy) is 1. The Hall–Kier alpha value is -2.48. The van der Waals surface area contributed by atoms with Gasteiger partial charge >= 0.3 is 5.69 Å². The van der Waals surface area contributed by atoms with Gasteiger partial charge in [-0.2, -0.15) is 5.10 Å². The Morgan fingerprint density at radius 3 is 2.86 bits per heavy atom. The Labute approximate surface area is 162 Å². The van der Waals surface area contributed by atoms with Gasteiger partial charge in [0.05, 0.1) is 13.2 Å². The molecule has 2 fully saturated rings. The molecule has 8 heteroatoms. The molecule has 150 valence electrons. The summed E-state index contributed by atoms with van der Waals surface area (Å²) >= 11 is 0. The highest BCUT2D eigenvalue weighted by Gasteiger charge is 2.35. The van der Waals surface area contributed by atoms with Crippen molar-refractivity contribution in [2.45, 2.75) is 44.2 Å². The Morgan fingerprint density at radius 2 is 2.14 bits per heavy atom. The molecule has 1 aliphatic heterocycles. The molecule has 0 N–H and O–H groups in total. The van der Waals surface area contributed by atoms with Crippen LogP contribution in [0.5, 0.6) is 0 Å². The summed E-state index contributed by atoms with van der Waals surface area (Å²) in [5.74, 6) is 0.172. The molecule has 0 radical (unpaired) electrons. The normalized spacial score (nSPS) is 19.8. The van der Waals surface area contributed by atoms with Gasteiger partial charge in [-0.1, -0.05) is 6.07 Å². The van der Waals surface area contributed by atoms with E-state index in [4.69, 9.17) is 4.74 Å². The minimum atomic E-state index is -0.418. The van der Waals surface area contributed by atoms with Crippen molar-refractivity contribution in [3.8, 4) is 0 Å². The summed E-state index contributed by atoms with van der Waals surface area (Å²) in [5.41, 5.74) is 0.258. The second kappa shape index (κ2) is 7.87. The average molecular weight is 388 g/mol. The monoisotopic (exact) mass is 388 g/mol. The second-order valence-corrected chi connectivity index (χ2v) is 7.56. The van der Waals surface area contributed by atoms with E-state index < -0.39 is 5.82 Å². The van der Waals surface area contributed by atoms with E-state index in [9.17, 15) is 14.0 Å². The zero-order valence-electron chi connectivity index (χ0n) is 16.0. The molecule has 1 unspecified atom stereocenters. The Morgan fingerprint density at radius 1 is 1.32 bits per heavy atom. The fourth-order valence-electron chi connectivity index (χ4n) is 3.89. The number of benzene rings is 1. The summed E-state index contributed by atoms with van der Waals surface area (Å²) < 4.78 is 21.9. The van der Waals surface area contributed by atoms with E-state index >= 15 is 0 Å². The van der Waals surface area contributed by atoms with Crippen molar-refractivity contribution in [2.75, 3.05) is 26.8 Å². The number of piperidine rings is 1. The van der Waals surface area contributed by atoms with Gasteiger partial charge in [0.2, 0.25) is 0 Å². The molecule has 2 heterocycles. The average Bonchev–Trinajstić information content (AvgIpc) is 3.49. The molecule has 1 aromatic heterocycles. The van der Waals surface area contributed by atoms with Crippen LogP contribution in [0.25, 0.3) is 0 Å². The molecule has 0 spiro atoms. The van der Waals surface area contributed by atoms with Crippen LogP contribution in [0.15, 0.2) is 29.1 Å². The molecule has 1 saturated heterocycles. The number of likely N-dealkylation sites (tertiary alicyclic amines) is 1. The lowest BCUT2D eigenvalue weighted by Gasteiger charge is -2.32. The lowest BCUT2D eigenvalue weighted by molar-refractivity contribution is 0.0702. The molecule has 7 nitrogen and oxygen atoms in total. The molecule has 1 aromatic carbocycles. The summed E-state index contributed by atoms with van der Waals surface area (Å²) in [6, 6.07) is 6.00. The highest BCUT2D eigenvalue weighted by molar-refractivity contribution is 5.94. The van der Waals surface area contributed by atoms with Crippen LogP contribution in [0.1, 0.15) is 53.8 Å². The quantitative estimate of drug-likeness (QED) is 0.761. The van der Waals surface area contributed by atoms with Crippen LogP contribution in [0, 0.1) is 5.82 Å². The first kappa shape index (κ1) is 18.9. The fraction of sp³-hybridized carbons (Fsp3) is 0.550. The standard InChI is InChI=1S/C20H25FN4O3/c1-28-11-10-24-20(27)25(17-7-8-17)18(22-24)15-5-3-9-23(13-15)19(26)14-4-2-6-16(21)12-14/h2,4,6,12,15,17H,3,5,7-11,13H2,1H3. The topological polar surface area (TPSA) is 69.4 Å². The van der Waals surface area contributed by atoms with Crippen molar-refractivity contribution in [2.24, 2.45) is 0 Å². The van der Waals surface area contributed by atoms with Crippen molar-refractivity contribution in [1.82, 2.24) is 19.2 Å². The smallest absolute Gasteiger partial charge is 0.346 e. The summed E-state index contributed by atoms with van der Waals surface area (Å²) in [4.78, 5) is 27.4. The lowest BCUT2D eigenvalue weighted by Crippen LogP contribution is -2.40. The molecule has 0 bridgehead atoms. The van der Waals surface area contributed by atoms with Crippen molar-refractivity contribution in [3.05, 3.63) is 52.0 Å². The lowest BCUT2D eigenvalue weighted by atomic mass is 9.96. The summed E-state index contributed by atoms with van der Waals surface area (Å²) in [6.45, 7) is 1.96. The number of rotatable bonds is 6. The van der Waals surface area contributed by atoms with Gasteiger partial charge in [-0.3, -0.25) is 9.36 Å². The summed E-state index contributed by atoms with van der Waals surface area (Å²) in [7, 11) is 1.60. The van der Waals surface area contributed by atoms with Crippen molar-refractivity contribution in [3.63, 3.8) is 0 Å². The predicted molar refractivity (Wildman–Crippen MR) is 101 cm³/mol. The number of halogens is 1. The van der Waals surface area contributed by atoms with Crippen LogP contribution in [-0.4, -0.2) is 52.0 Å². The molecule has 1 atom stereocenters. The SMILES string of the molecule is COCCn1nc(C2CCCN(C(=O)c3cccc(F)c3)C2)n(C2CC2)c1=O. The largest absolute Gasteiger partial charge is 0.383 e. The highest BCUT2D eigenvalue weighted by Crippen LogP contribution is 2.37. The molecule has 1 amide bonds. The number of nitrogens with zero attached hydrogens (tertiary/aromatic N) is 4. The number of aromatic nitrogens is 3. The molecule has 1 aliphatic carbocycles. The van der Waals surface area contributed by atoms with Gasteiger partial charge in [-0.05, 0) is 43.9 Å². The Kier molecular flexibility index (Phi) is 5.30. The maximum atomic E-state index is 13.5. The zero-order valence-corrected chi connectivity index (χ0v) is 16.0. The number of carbonyl (C=O) groups excluding carboxylic acids is 1. The number of hydrogen-bond acceptors (Lipinski definition) is 4. The van der Waals surface area contributed by atoms with Crippen molar-refractivity contribution < 1.29 is 13.9 Å². The van der Waals surface area contributed by atoms with E-state index in [-0.39, 0.29) is 23.6 Å². The highest BCUT2D eigenvalue weighted by atomic mass is 19.1. The van der Waals surface area contributed by atoms with Crippen LogP contribution in [0.4, 0.5) is 4.39 Å². The van der Waals surface area contributed by atoms with Crippen LogP contribution >= 0.6 is 0 Å². The molecule has 1 saturated carbocycles. The number of methoxy groups -OCH3 is 1. The minimum Gasteiger partial charge on any atom is -0.383 e. The van der Waals surface area contributed by atoms with Gasteiger partial charge in [0.25, 0.3) is 5.91 Å². The first-order chi connectivity index (χ1) is 13.6. The number of carbonyl (C=O) groups is 1. The van der Waals surface area contributed by atoms with Gasteiger partial charge in [0, 0.05) is 37.7 Å². The van der Waals surface area contributed by atoms with E-state index in [1.165, 1.54) is 16.8 Å².